The lowest BCUT2D eigenvalue weighted by atomic mass is 10.3. The van der Waals surface area contributed by atoms with Gasteiger partial charge in [-0.3, -0.25) is 13.9 Å². The van der Waals surface area contributed by atoms with E-state index in [1.165, 1.54) is 16.5 Å². The maximum atomic E-state index is 12.4. The van der Waals surface area contributed by atoms with Crippen LogP contribution in [0, 0.1) is 0 Å². The summed E-state index contributed by atoms with van der Waals surface area (Å²) in [5.74, 6) is 0. The molecule has 1 atom stereocenters. The summed E-state index contributed by atoms with van der Waals surface area (Å²) in [6, 6.07) is 10.3. The van der Waals surface area contributed by atoms with E-state index in [1.54, 1.807) is 13.4 Å². The van der Waals surface area contributed by atoms with Crippen molar-refractivity contribution in [3.05, 3.63) is 57.5 Å². The van der Waals surface area contributed by atoms with Crippen molar-refractivity contribution in [3.8, 4) is 0 Å². The highest BCUT2D eigenvalue weighted by molar-refractivity contribution is 7.99. The molecule has 2 aromatic heterocycles. The predicted octanol–water partition coefficient (Wildman–Crippen LogP) is 2.00. The average molecular weight is 344 g/mol. The molecule has 0 saturated carbocycles. The second-order valence-corrected chi connectivity index (χ2v) is 7.36. The first-order valence-corrected chi connectivity index (χ1v) is 8.69. The summed E-state index contributed by atoms with van der Waals surface area (Å²) >= 11 is 1.81. The van der Waals surface area contributed by atoms with Crippen molar-refractivity contribution in [1.29, 1.82) is 0 Å². The highest BCUT2D eigenvalue weighted by Crippen LogP contribution is 2.25. The van der Waals surface area contributed by atoms with Crippen molar-refractivity contribution >= 4 is 22.9 Å². The van der Waals surface area contributed by atoms with Gasteiger partial charge in [0.15, 0.2) is 11.2 Å². The molecule has 0 saturated heterocycles. The number of aromatic nitrogens is 4. The van der Waals surface area contributed by atoms with Crippen molar-refractivity contribution in [2.45, 2.75) is 30.0 Å². The fraction of sp³-hybridized carbons (Fsp3) is 0.353. The van der Waals surface area contributed by atoms with E-state index in [-0.39, 0.29) is 11.2 Å². The van der Waals surface area contributed by atoms with Gasteiger partial charge in [0.2, 0.25) is 0 Å². The third kappa shape index (κ3) is 3.03. The summed E-state index contributed by atoms with van der Waals surface area (Å²) < 4.78 is 4.39. The third-order valence-corrected chi connectivity index (χ3v) is 5.26. The molecule has 2 heterocycles. The van der Waals surface area contributed by atoms with Gasteiger partial charge in [-0.1, -0.05) is 25.1 Å². The summed E-state index contributed by atoms with van der Waals surface area (Å²) in [5.41, 5.74) is 0.266. The van der Waals surface area contributed by atoms with Crippen LogP contribution in [0.5, 0.6) is 0 Å². The number of fused-ring (bicyclic) bond motifs is 1. The van der Waals surface area contributed by atoms with Crippen LogP contribution in [-0.2, 0) is 20.6 Å². The van der Waals surface area contributed by atoms with Gasteiger partial charge in [-0.2, -0.15) is 0 Å². The lowest BCUT2D eigenvalue weighted by Crippen LogP contribution is -2.37. The number of nitrogens with zero attached hydrogens (tertiary/aromatic N) is 4. The Kier molecular flexibility index (Phi) is 4.62. The van der Waals surface area contributed by atoms with Crippen LogP contribution in [0.15, 0.2) is 51.1 Å². The van der Waals surface area contributed by atoms with Crippen LogP contribution < -0.4 is 11.2 Å². The highest BCUT2D eigenvalue weighted by Gasteiger charge is 2.14. The van der Waals surface area contributed by atoms with E-state index in [0.29, 0.717) is 23.0 Å². The second-order valence-electron chi connectivity index (χ2n) is 5.85. The first-order chi connectivity index (χ1) is 11.5. The second kappa shape index (κ2) is 6.68. The van der Waals surface area contributed by atoms with Gasteiger partial charge < -0.3 is 4.57 Å². The number of rotatable bonds is 5. The van der Waals surface area contributed by atoms with Crippen molar-refractivity contribution in [2.75, 3.05) is 0 Å². The van der Waals surface area contributed by atoms with Gasteiger partial charge in [-0.15, -0.1) is 11.8 Å². The lowest BCUT2D eigenvalue weighted by molar-refractivity contribution is 0.645. The lowest BCUT2D eigenvalue weighted by Gasteiger charge is -2.12. The molecule has 0 bridgehead atoms. The molecule has 0 N–H and O–H groups in total. The monoisotopic (exact) mass is 344 g/mol. The van der Waals surface area contributed by atoms with Crippen molar-refractivity contribution < 1.29 is 0 Å². The summed E-state index contributed by atoms with van der Waals surface area (Å²) in [7, 11) is 3.13. The van der Waals surface area contributed by atoms with Gasteiger partial charge in [0.1, 0.15) is 0 Å². The van der Waals surface area contributed by atoms with Crippen LogP contribution in [0.1, 0.15) is 13.3 Å². The Balaban J connectivity index is 1.81. The number of thioether (sulfide) groups is 1. The number of aryl methyl sites for hydroxylation is 2. The van der Waals surface area contributed by atoms with Gasteiger partial charge >= 0.3 is 5.69 Å². The summed E-state index contributed by atoms with van der Waals surface area (Å²) in [5, 5.41) is 0.404. The first-order valence-electron chi connectivity index (χ1n) is 7.81. The number of benzene rings is 1. The van der Waals surface area contributed by atoms with Crippen molar-refractivity contribution in [3.63, 3.8) is 0 Å². The SMILES string of the molecule is CC(CCn1cnc2c1c(=O)n(C)c(=O)n2C)Sc1ccccc1. The zero-order valence-electron chi connectivity index (χ0n) is 14.0. The largest absolute Gasteiger partial charge is 0.332 e. The maximum absolute atomic E-state index is 12.4. The molecule has 0 aliphatic heterocycles. The van der Waals surface area contributed by atoms with E-state index in [4.69, 9.17) is 0 Å². The molecule has 7 heteroatoms. The molecule has 3 rings (SSSR count). The molecule has 0 amide bonds. The van der Waals surface area contributed by atoms with Crippen molar-refractivity contribution in [2.24, 2.45) is 14.1 Å². The topological polar surface area (TPSA) is 61.8 Å². The first kappa shape index (κ1) is 16.6. The standard InChI is InChI=1S/C17H20N4O2S/c1-12(24-13-7-5-4-6-8-13)9-10-21-11-18-15-14(21)16(22)20(3)17(23)19(15)2/h4-8,11-12H,9-10H2,1-3H3. The fourth-order valence-corrected chi connectivity index (χ4v) is 3.68. The smallest absolute Gasteiger partial charge is 0.325 e. The molecule has 1 unspecified atom stereocenters. The van der Waals surface area contributed by atoms with E-state index in [0.717, 1.165) is 11.0 Å². The molecule has 0 spiro atoms. The third-order valence-electron chi connectivity index (χ3n) is 4.07. The minimum atomic E-state index is -0.356. The Morgan fingerprint density at radius 3 is 2.54 bits per heavy atom. The summed E-state index contributed by atoms with van der Waals surface area (Å²) in [6.07, 6.45) is 2.54. The van der Waals surface area contributed by atoms with Crippen LogP contribution in [0.3, 0.4) is 0 Å². The van der Waals surface area contributed by atoms with E-state index < -0.39 is 0 Å². The minimum absolute atomic E-state index is 0.297. The molecule has 1 aromatic carbocycles. The molecular weight excluding hydrogens is 324 g/mol. The van der Waals surface area contributed by atoms with Gasteiger partial charge in [-0.25, -0.2) is 9.78 Å². The normalized spacial score (nSPS) is 12.6. The van der Waals surface area contributed by atoms with Gasteiger partial charge in [-0.05, 0) is 18.6 Å². The molecular formula is C17H20N4O2S. The zero-order chi connectivity index (χ0) is 17.3. The van der Waals surface area contributed by atoms with Gasteiger partial charge in [0, 0.05) is 30.8 Å². The Morgan fingerprint density at radius 2 is 1.83 bits per heavy atom. The number of imidazole rings is 1. The molecule has 0 aliphatic rings. The van der Waals surface area contributed by atoms with Crippen LogP contribution in [0.2, 0.25) is 0 Å². The van der Waals surface area contributed by atoms with Crippen LogP contribution >= 0.6 is 11.8 Å². The fourth-order valence-electron chi connectivity index (χ4n) is 2.68. The Hall–Kier alpha value is -2.28. The van der Waals surface area contributed by atoms with E-state index in [9.17, 15) is 9.59 Å². The molecule has 0 aliphatic carbocycles. The van der Waals surface area contributed by atoms with E-state index >= 15 is 0 Å². The molecule has 0 radical (unpaired) electrons. The summed E-state index contributed by atoms with van der Waals surface area (Å²) in [6.45, 7) is 2.86. The average Bonchev–Trinajstić information content (AvgIpc) is 3.01. The zero-order valence-corrected chi connectivity index (χ0v) is 14.8. The maximum Gasteiger partial charge on any atom is 0.332 e. The molecule has 126 valence electrons. The molecule has 6 nitrogen and oxygen atoms in total. The van der Waals surface area contributed by atoms with Crippen molar-refractivity contribution in [1.82, 2.24) is 18.7 Å². The quantitative estimate of drug-likeness (QED) is 0.664. The van der Waals surface area contributed by atoms with E-state index in [1.807, 2.05) is 34.5 Å². The Morgan fingerprint density at radius 1 is 1.12 bits per heavy atom. The predicted molar refractivity (Wildman–Crippen MR) is 96.6 cm³/mol. The number of hydrogen-bond donors (Lipinski definition) is 0. The number of hydrogen-bond acceptors (Lipinski definition) is 4. The molecule has 3 aromatic rings. The van der Waals surface area contributed by atoms with Crippen LogP contribution in [-0.4, -0.2) is 23.9 Å². The van der Waals surface area contributed by atoms with E-state index in [2.05, 4.69) is 24.0 Å². The molecule has 24 heavy (non-hydrogen) atoms. The van der Waals surface area contributed by atoms with Crippen LogP contribution in [0.4, 0.5) is 0 Å². The van der Waals surface area contributed by atoms with Gasteiger partial charge in [0.25, 0.3) is 5.56 Å². The Bertz CT molecular complexity index is 972. The minimum Gasteiger partial charge on any atom is -0.325 e. The highest BCUT2D eigenvalue weighted by atomic mass is 32.2. The Labute approximate surface area is 143 Å². The molecule has 0 fully saturated rings. The van der Waals surface area contributed by atoms with Crippen LogP contribution in [0.25, 0.3) is 11.2 Å². The van der Waals surface area contributed by atoms with Gasteiger partial charge in [0.05, 0.1) is 6.33 Å². The summed E-state index contributed by atoms with van der Waals surface area (Å²) in [4.78, 5) is 29.8.